The van der Waals surface area contributed by atoms with Gasteiger partial charge in [0.1, 0.15) is 0 Å². The van der Waals surface area contributed by atoms with E-state index < -0.39 is 0 Å². The van der Waals surface area contributed by atoms with Gasteiger partial charge in [-0.15, -0.1) is 0 Å². The van der Waals surface area contributed by atoms with E-state index in [4.69, 9.17) is 5.73 Å². The van der Waals surface area contributed by atoms with Crippen molar-refractivity contribution in [3.8, 4) is 0 Å². The van der Waals surface area contributed by atoms with E-state index in [0.717, 1.165) is 37.9 Å². The Bertz CT molecular complexity index is 206. The number of amides is 1. The predicted molar refractivity (Wildman–Crippen MR) is 64.6 cm³/mol. The smallest absolute Gasteiger partial charge is 0.249 e. The minimum absolute atomic E-state index is 0.159. The molecule has 0 aromatic heterocycles. The van der Waals surface area contributed by atoms with Crippen LogP contribution in [-0.4, -0.2) is 30.4 Å². The Hall–Kier alpha value is -0.830. The molecule has 0 atom stereocenters. The average molecular weight is 212 g/mol. The number of rotatable bonds is 7. The van der Waals surface area contributed by atoms with Gasteiger partial charge < -0.3 is 10.6 Å². The minimum atomic E-state index is 0.159. The number of hydrogen-bond acceptors (Lipinski definition) is 2. The molecule has 0 spiro atoms. The van der Waals surface area contributed by atoms with Gasteiger partial charge in [-0.1, -0.05) is 19.9 Å². The molecule has 0 aliphatic carbocycles. The highest BCUT2D eigenvalue weighted by atomic mass is 16.2. The largest absolute Gasteiger partial charge is 0.339 e. The summed E-state index contributed by atoms with van der Waals surface area (Å²) in [5.41, 5.74) is 6.22. The molecule has 0 aromatic rings. The maximum absolute atomic E-state index is 11.9. The van der Waals surface area contributed by atoms with Crippen LogP contribution in [0.15, 0.2) is 11.6 Å². The first-order valence-corrected chi connectivity index (χ1v) is 5.83. The summed E-state index contributed by atoms with van der Waals surface area (Å²) in [6.07, 6.45) is 4.73. The molecule has 3 nitrogen and oxygen atoms in total. The second kappa shape index (κ2) is 8.48. The van der Waals surface area contributed by atoms with Crippen molar-refractivity contribution in [1.82, 2.24) is 4.90 Å². The van der Waals surface area contributed by atoms with Crippen LogP contribution in [0.2, 0.25) is 0 Å². The van der Waals surface area contributed by atoms with Crippen LogP contribution >= 0.6 is 0 Å². The van der Waals surface area contributed by atoms with Gasteiger partial charge in [-0.3, -0.25) is 4.79 Å². The molecule has 0 saturated carbocycles. The van der Waals surface area contributed by atoms with Crippen LogP contribution in [0.1, 0.15) is 40.0 Å². The molecule has 0 saturated heterocycles. The number of carbonyl (C=O) groups excluding carboxylic acids is 1. The Labute approximate surface area is 93.3 Å². The predicted octanol–water partition coefficient (Wildman–Crippen LogP) is 1.93. The molecule has 0 aliphatic rings. The van der Waals surface area contributed by atoms with E-state index in [-0.39, 0.29) is 5.91 Å². The summed E-state index contributed by atoms with van der Waals surface area (Å²) in [6, 6.07) is 0. The van der Waals surface area contributed by atoms with E-state index in [1.165, 1.54) is 0 Å². The average Bonchev–Trinajstić information content (AvgIpc) is 2.24. The Morgan fingerprint density at radius 3 is 2.20 bits per heavy atom. The molecule has 0 unspecified atom stereocenters. The Morgan fingerprint density at radius 1 is 1.27 bits per heavy atom. The standard InChI is InChI=1S/C12H24N2O/c1-4-9-14(10-5-2)12(15)11(3)7-6-8-13/h7H,4-6,8-10,13H2,1-3H3. The van der Waals surface area contributed by atoms with Gasteiger partial charge in [0.05, 0.1) is 0 Å². The van der Waals surface area contributed by atoms with Gasteiger partial charge in [-0.2, -0.15) is 0 Å². The van der Waals surface area contributed by atoms with Crippen molar-refractivity contribution >= 4 is 5.91 Å². The zero-order chi connectivity index (χ0) is 11.7. The van der Waals surface area contributed by atoms with Gasteiger partial charge in [0.25, 0.3) is 0 Å². The van der Waals surface area contributed by atoms with E-state index in [1.54, 1.807) is 0 Å². The fourth-order valence-electron chi connectivity index (χ4n) is 1.49. The van der Waals surface area contributed by atoms with Crippen LogP contribution in [0, 0.1) is 0 Å². The van der Waals surface area contributed by atoms with Crippen molar-refractivity contribution in [2.45, 2.75) is 40.0 Å². The monoisotopic (exact) mass is 212 g/mol. The van der Waals surface area contributed by atoms with Gasteiger partial charge in [0.2, 0.25) is 5.91 Å². The Kier molecular flexibility index (Phi) is 8.01. The van der Waals surface area contributed by atoms with E-state index in [2.05, 4.69) is 13.8 Å². The molecule has 2 N–H and O–H groups in total. The normalized spacial score (nSPS) is 11.6. The summed E-state index contributed by atoms with van der Waals surface area (Å²) in [5.74, 6) is 0.159. The summed E-state index contributed by atoms with van der Waals surface area (Å²) < 4.78 is 0. The van der Waals surface area contributed by atoms with Crippen molar-refractivity contribution in [2.24, 2.45) is 5.73 Å². The lowest BCUT2D eigenvalue weighted by atomic mass is 10.2. The summed E-state index contributed by atoms with van der Waals surface area (Å²) in [7, 11) is 0. The van der Waals surface area contributed by atoms with Gasteiger partial charge in [0.15, 0.2) is 0 Å². The van der Waals surface area contributed by atoms with Crippen molar-refractivity contribution in [3.05, 3.63) is 11.6 Å². The molecule has 0 aliphatic heterocycles. The highest BCUT2D eigenvalue weighted by Crippen LogP contribution is 2.04. The molecular weight excluding hydrogens is 188 g/mol. The van der Waals surface area contributed by atoms with Crippen LogP contribution in [0.25, 0.3) is 0 Å². The highest BCUT2D eigenvalue weighted by molar-refractivity contribution is 5.92. The van der Waals surface area contributed by atoms with Gasteiger partial charge in [-0.05, 0) is 32.7 Å². The quantitative estimate of drug-likeness (QED) is 0.655. The second-order valence-corrected chi connectivity index (χ2v) is 3.76. The lowest BCUT2D eigenvalue weighted by Gasteiger charge is -2.21. The first-order chi connectivity index (χ1) is 7.17. The Balaban J connectivity index is 4.33. The third kappa shape index (κ3) is 5.57. The topological polar surface area (TPSA) is 46.3 Å². The number of carbonyl (C=O) groups is 1. The van der Waals surface area contributed by atoms with E-state index in [0.29, 0.717) is 6.54 Å². The SMILES string of the molecule is CCCN(CCC)C(=O)C(C)=CCCN. The van der Waals surface area contributed by atoms with Gasteiger partial charge in [-0.25, -0.2) is 0 Å². The third-order valence-electron chi connectivity index (χ3n) is 2.23. The zero-order valence-corrected chi connectivity index (χ0v) is 10.3. The maximum atomic E-state index is 11.9. The molecule has 1 amide bonds. The van der Waals surface area contributed by atoms with E-state index in [9.17, 15) is 4.79 Å². The summed E-state index contributed by atoms with van der Waals surface area (Å²) in [4.78, 5) is 13.9. The molecule has 0 rings (SSSR count). The van der Waals surface area contributed by atoms with E-state index >= 15 is 0 Å². The number of nitrogens with zero attached hydrogens (tertiary/aromatic N) is 1. The summed E-state index contributed by atoms with van der Waals surface area (Å²) >= 11 is 0. The molecule has 0 bridgehead atoms. The van der Waals surface area contributed by atoms with Crippen molar-refractivity contribution < 1.29 is 4.79 Å². The summed E-state index contributed by atoms with van der Waals surface area (Å²) in [5, 5.41) is 0. The maximum Gasteiger partial charge on any atom is 0.249 e. The van der Waals surface area contributed by atoms with Crippen molar-refractivity contribution in [2.75, 3.05) is 19.6 Å². The van der Waals surface area contributed by atoms with Crippen LogP contribution in [0.3, 0.4) is 0 Å². The van der Waals surface area contributed by atoms with Crippen molar-refractivity contribution in [3.63, 3.8) is 0 Å². The molecule has 0 heterocycles. The lowest BCUT2D eigenvalue weighted by Crippen LogP contribution is -2.33. The molecular formula is C12H24N2O. The molecule has 0 radical (unpaired) electrons. The fourth-order valence-corrected chi connectivity index (χ4v) is 1.49. The number of hydrogen-bond donors (Lipinski definition) is 1. The summed E-state index contributed by atoms with van der Waals surface area (Å²) in [6.45, 7) is 8.35. The number of nitrogens with two attached hydrogens (primary N) is 1. The van der Waals surface area contributed by atoms with Crippen LogP contribution in [0.4, 0.5) is 0 Å². The first kappa shape index (κ1) is 14.2. The molecule has 3 heteroatoms. The Morgan fingerprint density at radius 2 is 1.80 bits per heavy atom. The van der Waals surface area contributed by atoms with E-state index in [1.807, 2.05) is 17.9 Å². The molecule has 15 heavy (non-hydrogen) atoms. The fraction of sp³-hybridized carbons (Fsp3) is 0.750. The highest BCUT2D eigenvalue weighted by Gasteiger charge is 2.12. The van der Waals surface area contributed by atoms with Gasteiger partial charge >= 0.3 is 0 Å². The van der Waals surface area contributed by atoms with Crippen LogP contribution in [0.5, 0.6) is 0 Å². The third-order valence-corrected chi connectivity index (χ3v) is 2.23. The van der Waals surface area contributed by atoms with Crippen molar-refractivity contribution in [1.29, 1.82) is 0 Å². The van der Waals surface area contributed by atoms with Crippen LogP contribution < -0.4 is 5.73 Å². The lowest BCUT2D eigenvalue weighted by molar-refractivity contribution is -0.127. The molecule has 88 valence electrons. The van der Waals surface area contributed by atoms with Gasteiger partial charge in [0, 0.05) is 18.7 Å². The molecule has 0 fully saturated rings. The first-order valence-electron chi connectivity index (χ1n) is 5.83. The zero-order valence-electron chi connectivity index (χ0n) is 10.3. The second-order valence-electron chi connectivity index (χ2n) is 3.76. The van der Waals surface area contributed by atoms with Crippen LogP contribution in [-0.2, 0) is 4.79 Å². The molecule has 0 aromatic carbocycles. The minimum Gasteiger partial charge on any atom is -0.339 e.